The van der Waals surface area contributed by atoms with Gasteiger partial charge in [-0.1, -0.05) is 73.4 Å². The van der Waals surface area contributed by atoms with E-state index in [-0.39, 0.29) is 23.4 Å². The lowest BCUT2D eigenvalue weighted by atomic mass is 9.64. The number of hydrogen-bond acceptors (Lipinski definition) is 4. The van der Waals surface area contributed by atoms with Gasteiger partial charge in [-0.15, -0.1) is 0 Å². The number of halogens is 2. The van der Waals surface area contributed by atoms with Gasteiger partial charge < -0.3 is 0 Å². The second-order valence-electron chi connectivity index (χ2n) is 11.2. The molecule has 0 aromatic carbocycles. The first-order chi connectivity index (χ1) is 13.6. The minimum absolute atomic E-state index is 0.0495. The van der Waals surface area contributed by atoms with E-state index in [9.17, 15) is 19.2 Å². The van der Waals surface area contributed by atoms with Gasteiger partial charge in [0.05, 0.1) is 20.5 Å². The number of alkyl halides is 2. The lowest BCUT2D eigenvalue weighted by Gasteiger charge is -2.41. The SMILES string of the molecule is CC12CCC(C(=O)NNC(=O)C34CCC(C)(C(=O)C3Br)C4(C)C)(C(Br)C1=O)C2(C)C. The standard InChI is InChI=1S/C22H30Br2N2O4/c1-17(2)19(5)7-9-21(17,11(23)13(19)27)15(29)25-26-16(30)22-10-8-20(6,18(22,3)4)14(28)12(22)24/h11-12H,7-10H2,1-6H3,(H,25,29)(H,26,30). The Morgan fingerprint density at radius 1 is 0.700 bits per heavy atom. The number of nitrogens with one attached hydrogen (secondary N) is 2. The maximum absolute atomic E-state index is 13.4. The van der Waals surface area contributed by atoms with Gasteiger partial charge >= 0.3 is 0 Å². The van der Waals surface area contributed by atoms with E-state index in [1.54, 1.807) is 0 Å². The van der Waals surface area contributed by atoms with Crippen LogP contribution in [0.1, 0.15) is 67.2 Å². The van der Waals surface area contributed by atoms with Gasteiger partial charge in [-0.3, -0.25) is 30.0 Å². The van der Waals surface area contributed by atoms with Crippen LogP contribution in [-0.2, 0) is 19.2 Å². The summed E-state index contributed by atoms with van der Waals surface area (Å²) in [5, 5.41) is 0. The molecule has 0 radical (unpaired) electrons. The van der Waals surface area contributed by atoms with Gasteiger partial charge in [-0.25, -0.2) is 0 Å². The normalized spacial score (nSPS) is 47.6. The number of ketones is 2. The molecule has 4 rings (SSSR count). The molecule has 2 N–H and O–H groups in total. The van der Waals surface area contributed by atoms with Crippen molar-refractivity contribution in [3.63, 3.8) is 0 Å². The van der Waals surface area contributed by atoms with Crippen LogP contribution in [0.5, 0.6) is 0 Å². The maximum Gasteiger partial charge on any atom is 0.246 e. The van der Waals surface area contributed by atoms with Crippen molar-refractivity contribution in [2.24, 2.45) is 32.5 Å². The van der Waals surface area contributed by atoms with Crippen molar-refractivity contribution in [1.29, 1.82) is 0 Å². The van der Waals surface area contributed by atoms with Crippen molar-refractivity contribution in [3.05, 3.63) is 0 Å². The van der Waals surface area contributed by atoms with E-state index in [0.29, 0.717) is 25.7 Å². The zero-order valence-electron chi connectivity index (χ0n) is 18.4. The summed E-state index contributed by atoms with van der Waals surface area (Å²) in [6.45, 7) is 11.7. The molecule has 8 heteroatoms. The summed E-state index contributed by atoms with van der Waals surface area (Å²) in [6, 6.07) is 0. The molecule has 4 bridgehead atoms. The first-order valence-electron chi connectivity index (χ1n) is 10.6. The van der Waals surface area contributed by atoms with Gasteiger partial charge in [-0.2, -0.15) is 0 Å². The summed E-state index contributed by atoms with van der Waals surface area (Å²) in [5.74, 6) is -0.590. The second-order valence-corrected chi connectivity index (χ2v) is 13.1. The van der Waals surface area contributed by atoms with Crippen LogP contribution in [0, 0.1) is 32.5 Å². The van der Waals surface area contributed by atoms with Crippen molar-refractivity contribution >= 4 is 55.2 Å². The highest BCUT2D eigenvalue weighted by Gasteiger charge is 2.78. The second kappa shape index (κ2) is 5.97. The lowest BCUT2D eigenvalue weighted by Crippen LogP contribution is -2.60. The average Bonchev–Trinajstić information content (AvgIpc) is 3.11. The van der Waals surface area contributed by atoms with Crippen LogP contribution >= 0.6 is 31.9 Å². The first-order valence-corrected chi connectivity index (χ1v) is 12.4. The zero-order chi connectivity index (χ0) is 22.7. The topological polar surface area (TPSA) is 92.3 Å². The predicted octanol–water partition coefficient (Wildman–Crippen LogP) is 3.45. The van der Waals surface area contributed by atoms with Crippen LogP contribution in [0.4, 0.5) is 0 Å². The fourth-order valence-electron chi connectivity index (χ4n) is 7.25. The molecular formula is C22H30Br2N2O4. The number of hydrogen-bond donors (Lipinski definition) is 2. The summed E-state index contributed by atoms with van der Waals surface area (Å²) in [5.41, 5.74) is 1.20. The molecule has 6 nitrogen and oxygen atoms in total. The van der Waals surface area contributed by atoms with Crippen LogP contribution < -0.4 is 10.9 Å². The van der Waals surface area contributed by atoms with Gasteiger partial charge in [0, 0.05) is 10.8 Å². The van der Waals surface area contributed by atoms with Crippen LogP contribution in [0.3, 0.4) is 0 Å². The molecule has 0 heterocycles. The Morgan fingerprint density at radius 3 is 1.23 bits per heavy atom. The molecule has 6 atom stereocenters. The molecule has 4 aliphatic carbocycles. The van der Waals surface area contributed by atoms with Gasteiger partial charge in [0.15, 0.2) is 11.6 Å². The summed E-state index contributed by atoms with van der Waals surface area (Å²) in [4.78, 5) is 51.5. The highest BCUT2D eigenvalue weighted by Crippen LogP contribution is 2.73. The van der Waals surface area contributed by atoms with Crippen LogP contribution in [0.2, 0.25) is 0 Å². The lowest BCUT2D eigenvalue weighted by molar-refractivity contribution is -0.144. The van der Waals surface area contributed by atoms with Gasteiger partial charge in [0.1, 0.15) is 0 Å². The molecule has 166 valence electrons. The largest absolute Gasteiger partial charge is 0.298 e. The summed E-state index contributed by atoms with van der Waals surface area (Å²) >= 11 is 7.00. The quantitative estimate of drug-likeness (QED) is 0.410. The van der Waals surface area contributed by atoms with Crippen LogP contribution in [0.15, 0.2) is 0 Å². The molecule has 4 fully saturated rings. The Bertz CT molecular complexity index is 830. The Labute approximate surface area is 194 Å². The molecule has 4 saturated carbocycles. The third kappa shape index (κ3) is 1.94. The molecular weight excluding hydrogens is 516 g/mol. The fourth-order valence-corrected chi connectivity index (χ4v) is 10.3. The van der Waals surface area contributed by atoms with E-state index < -0.39 is 42.1 Å². The van der Waals surface area contributed by atoms with Crippen LogP contribution in [-0.4, -0.2) is 33.0 Å². The number of hydrazine groups is 1. The molecule has 0 saturated heterocycles. The Kier molecular flexibility index (Phi) is 4.47. The minimum atomic E-state index is -0.928. The monoisotopic (exact) mass is 544 g/mol. The molecule has 0 aromatic heterocycles. The van der Waals surface area contributed by atoms with Gasteiger partial charge in [-0.05, 0) is 36.5 Å². The highest BCUT2D eigenvalue weighted by molar-refractivity contribution is 9.10. The molecule has 6 unspecified atom stereocenters. The van der Waals surface area contributed by atoms with E-state index in [2.05, 4.69) is 42.7 Å². The number of fused-ring (bicyclic) bond motifs is 4. The number of rotatable bonds is 2. The molecule has 0 aliphatic heterocycles. The van der Waals surface area contributed by atoms with Gasteiger partial charge in [0.2, 0.25) is 11.8 Å². The summed E-state index contributed by atoms with van der Waals surface area (Å²) < 4.78 is 0. The molecule has 30 heavy (non-hydrogen) atoms. The van der Waals surface area contributed by atoms with E-state index >= 15 is 0 Å². The van der Waals surface area contributed by atoms with Crippen molar-refractivity contribution in [1.82, 2.24) is 10.9 Å². The maximum atomic E-state index is 13.4. The van der Waals surface area contributed by atoms with E-state index in [1.165, 1.54) is 0 Å². The Morgan fingerprint density at radius 2 is 1.00 bits per heavy atom. The smallest absolute Gasteiger partial charge is 0.246 e. The highest BCUT2D eigenvalue weighted by atomic mass is 79.9. The van der Waals surface area contributed by atoms with Crippen molar-refractivity contribution in [2.75, 3.05) is 0 Å². The number of carbonyl (C=O) groups is 4. The van der Waals surface area contributed by atoms with Crippen LogP contribution in [0.25, 0.3) is 0 Å². The number of Topliss-reactive ketones (excluding diaryl/α,β-unsaturated/α-hetero) is 2. The van der Waals surface area contributed by atoms with Crippen molar-refractivity contribution < 1.29 is 19.2 Å². The molecule has 4 aliphatic rings. The van der Waals surface area contributed by atoms with E-state index in [4.69, 9.17) is 0 Å². The van der Waals surface area contributed by atoms with E-state index in [1.807, 2.05) is 41.5 Å². The van der Waals surface area contributed by atoms with Crippen molar-refractivity contribution in [2.45, 2.75) is 76.9 Å². The number of carbonyl (C=O) groups excluding carboxylic acids is 4. The predicted molar refractivity (Wildman–Crippen MR) is 119 cm³/mol. The number of amides is 2. The van der Waals surface area contributed by atoms with Crippen molar-refractivity contribution in [3.8, 4) is 0 Å². The summed E-state index contributed by atoms with van der Waals surface area (Å²) in [6.07, 6.45) is 2.45. The Balaban J connectivity index is 1.59. The Hall–Kier alpha value is -0.760. The first kappa shape index (κ1) is 22.4. The zero-order valence-corrected chi connectivity index (χ0v) is 21.5. The molecule has 2 amide bonds. The molecule has 0 aromatic rings. The fraction of sp³-hybridized carbons (Fsp3) is 0.818. The third-order valence-electron chi connectivity index (χ3n) is 10.5. The molecule has 0 spiro atoms. The minimum Gasteiger partial charge on any atom is -0.298 e. The average molecular weight is 546 g/mol. The summed E-state index contributed by atoms with van der Waals surface area (Å²) in [7, 11) is 0. The van der Waals surface area contributed by atoms with Gasteiger partial charge in [0.25, 0.3) is 0 Å². The van der Waals surface area contributed by atoms with E-state index in [0.717, 1.165) is 0 Å². The third-order valence-corrected chi connectivity index (χ3v) is 12.9.